The highest BCUT2D eigenvalue weighted by atomic mass is 32.2. The molecule has 0 saturated heterocycles. The van der Waals surface area contributed by atoms with Crippen LogP contribution in [0.1, 0.15) is 25.7 Å². The molecule has 1 fully saturated rings. The topological polar surface area (TPSA) is 83.6 Å². The van der Waals surface area contributed by atoms with Crippen LogP contribution in [0, 0.1) is 15.5 Å². The van der Waals surface area contributed by atoms with Crippen molar-refractivity contribution in [3.8, 4) is 0 Å². The molecule has 2 N–H and O–H groups in total. The number of non-ortho nitro benzene ring substituents is 1. The third kappa shape index (κ3) is 3.26. The van der Waals surface area contributed by atoms with E-state index in [0.717, 1.165) is 30.6 Å². The van der Waals surface area contributed by atoms with E-state index in [0.29, 0.717) is 5.75 Å². The molecule has 104 valence electrons. The largest absolute Gasteiger partial charge is 0.368 e. The van der Waals surface area contributed by atoms with Gasteiger partial charge in [0.2, 0.25) is 0 Å². The third-order valence-corrected chi connectivity index (χ3v) is 5.05. The van der Waals surface area contributed by atoms with Gasteiger partial charge in [0.05, 0.1) is 4.92 Å². The summed E-state index contributed by atoms with van der Waals surface area (Å²) in [5.74, 6) is 0.627. The van der Waals surface area contributed by atoms with E-state index in [9.17, 15) is 20.3 Å². The van der Waals surface area contributed by atoms with Crippen LogP contribution in [0.3, 0.4) is 0 Å². The van der Waals surface area contributed by atoms with Gasteiger partial charge in [0, 0.05) is 28.2 Å². The van der Waals surface area contributed by atoms with Gasteiger partial charge in [-0.1, -0.05) is 12.8 Å². The van der Waals surface area contributed by atoms with Gasteiger partial charge >= 0.3 is 0 Å². The Labute approximate surface area is 115 Å². The lowest BCUT2D eigenvalue weighted by atomic mass is 9.88. The van der Waals surface area contributed by atoms with Crippen LogP contribution in [-0.4, -0.2) is 27.2 Å². The van der Waals surface area contributed by atoms with Crippen molar-refractivity contribution in [3.05, 3.63) is 34.4 Å². The first-order valence-electron chi connectivity index (χ1n) is 6.27. The number of rotatable bonds is 5. The minimum absolute atomic E-state index is 0.0714. The number of thioether (sulfide) groups is 1. The molecule has 0 atom stereocenters. The van der Waals surface area contributed by atoms with Crippen molar-refractivity contribution in [1.82, 2.24) is 0 Å². The predicted molar refractivity (Wildman–Crippen MR) is 72.9 cm³/mol. The van der Waals surface area contributed by atoms with Gasteiger partial charge in [0.1, 0.15) is 0 Å². The van der Waals surface area contributed by atoms with Gasteiger partial charge in [0.25, 0.3) is 5.69 Å². The summed E-state index contributed by atoms with van der Waals surface area (Å²) in [6, 6.07) is 6.35. The highest BCUT2D eigenvalue weighted by Crippen LogP contribution is 2.44. The molecule has 0 heterocycles. The molecule has 2 rings (SSSR count). The summed E-state index contributed by atoms with van der Waals surface area (Å²) in [7, 11) is 0. The maximum Gasteiger partial charge on any atom is 0.269 e. The SMILES string of the molecule is O=[N+]([O-])c1ccc(SCC2(C(O)O)CCCC2)cc1. The first kappa shape index (κ1) is 14.3. The van der Waals surface area contributed by atoms with Gasteiger partial charge in [-0.15, -0.1) is 11.8 Å². The molecule has 0 spiro atoms. The number of aliphatic hydroxyl groups excluding tert-OH is 1. The summed E-state index contributed by atoms with van der Waals surface area (Å²) in [6.45, 7) is 0. The Hall–Kier alpha value is -1.11. The van der Waals surface area contributed by atoms with Crippen LogP contribution in [0.15, 0.2) is 29.2 Å². The van der Waals surface area contributed by atoms with E-state index in [2.05, 4.69) is 0 Å². The fourth-order valence-electron chi connectivity index (χ4n) is 2.45. The number of hydrogen-bond acceptors (Lipinski definition) is 5. The lowest BCUT2D eigenvalue weighted by Gasteiger charge is -2.30. The molecule has 1 aromatic rings. The lowest BCUT2D eigenvalue weighted by molar-refractivity contribution is -0.384. The van der Waals surface area contributed by atoms with Crippen LogP contribution >= 0.6 is 11.8 Å². The molecule has 1 aromatic carbocycles. The second-order valence-electron chi connectivity index (χ2n) is 4.98. The van der Waals surface area contributed by atoms with Gasteiger partial charge in [0.15, 0.2) is 6.29 Å². The van der Waals surface area contributed by atoms with E-state index < -0.39 is 16.6 Å². The summed E-state index contributed by atoms with van der Waals surface area (Å²) < 4.78 is 0. The van der Waals surface area contributed by atoms with Crippen molar-refractivity contribution < 1.29 is 15.1 Å². The normalized spacial score (nSPS) is 17.8. The van der Waals surface area contributed by atoms with Crippen molar-refractivity contribution in [2.75, 3.05) is 5.75 Å². The molecule has 6 heteroatoms. The monoisotopic (exact) mass is 283 g/mol. The standard InChI is InChI=1S/C13H17NO4S/c15-12(16)13(7-1-2-8-13)9-19-11-5-3-10(4-6-11)14(17)18/h3-6,12,15-16H,1-2,7-9H2. The van der Waals surface area contributed by atoms with E-state index in [1.54, 1.807) is 12.1 Å². The molecule has 1 saturated carbocycles. The van der Waals surface area contributed by atoms with Crippen LogP contribution in [0.4, 0.5) is 5.69 Å². The highest BCUT2D eigenvalue weighted by molar-refractivity contribution is 7.99. The Morgan fingerprint density at radius 2 is 1.84 bits per heavy atom. The van der Waals surface area contributed by atoms with Crippen LogP contribution in [0.2, 0.25) is 0 Å². The Morgan fingerprint density at radius 3 is 2.32 bits per heavy atom. The summed E-state index contributed by atoms with van der Waals surface area (Å²) in [6.07, 6.45) is 2.41. The zero-order valence-corrected chi connectivity index (χ0v) is 11.3. The summed E-state index contributed by atoms with van der Waals surface area (Å²) in [5, 5.41) is 29.7. The fraction of sp³-hybridized carbons (Fsp3) is 0.538. The van der Waals surface area contributed by atoms with Gasteiger partial charge in [-0.2, -0.15) is 0 Å². The molecule has 0 aliphatic heterocycles. The predicted octanol–water partition coefficient (Wildman–Crippen LogP) is 2.56. The molecule has 0 bridgehead atoms. The zero-order valence-electron chi connectivity index (χ0n) is 10.5. The second kappa shape index (κ2) is 5.90. The first-order valence-corrected chi connectivity index (χ1v) is 7.25. The molecule has 1 aliphatic carbocycles. The molecule has 0 aromatic heterocycles. The number of nitro groups is 1. The molecule has 0 radical (unpaired) electrons. The summed E-state index contributed by atoms with van der Waals surface area (Å²) >= 11 is 1.52. The van der Waals surface area contributed by atoms with Crippen molar-refractivity contribution >= 4 is 17.4 Å². The highest BCUT2D eigenvalue weighted by Gasteiger charge is 2.39. The molecule has 0 unspecified atom stereocenters. The molecule has 19 heavy (non-hydrogen) atoms. The Kier molecular flexibility index (Phi) is 4.44. The van der Waals surface area contributed by atoms with Gasteiger partial charge < -0.3 is 10.2 Å². The fourth-order valence-corrected chi connectivity index (χ4v) is 3.67. The second-order valence-corrected chi connectivity index (χ2v) is 6.03. The summed E-state index contributed by atoms with van der Waals surface area (Å²) in [5.41, 5.74) is -0.353. The van der Waals surface area contributed by atoms with Gasteiger partial charge in [-0.05, 0) is 25.0 Å². The van der Waals surface area contributed by atoms with E-state index >= 15 is 0 Å². The number of nitro benzene ring substituents is 1. The maximum absolute atomic E-state index is 10.6. The molecular formula is C13H17NO4S. The van der Waals surface area contributed by atoms with Crippen LogP contribution < -0.4 is 0 Å². The van der Waals surface area contributed by atoms with E-state index in [4.69, 9.17) is 0 Å². The van der Waals surface area contributed by atoms with E-state index in [1.165, 1.54) is 23.9 Å². The molecule has 0 amide bonds. The maximum atomic E-state index is 10.6. The molecule has 5 nitrogen and oxygen atoms in total. The number of hydrogen-bond donors (Lipinski definition) is 2. The average Bonchev–Trinajstić information content (AvgIpc) is 2.87. The van der Waals surface area contributed by atoms with Crippen molar-refractivity contribution in [2.24, 2.45) is 5.41 Å². The van der Waals surface area contributed by atoms with E-state index in [1.807, 2.05) is 0 Å². The number of aliphatic hydroxyl groups is 2. The quantitative estimate of drug-likeness (QED) is 0.375. The zero-order chi connectivity index (χ0) is 13.9. The third-order valence-electron chi connectivity index (χ3n) is 3.72. The lowest BCUT2D eigenvalue weighted by Crippen LogP contribution is -2.34. The van der Waals surface area contributed by atoms with Crippen LogP contribution in [0.25, 0.3) is 0 Å². The Bertz CT molecular complexity index is 440. The van der Waals surface area contributed by atoms with Crippen molar-refractivity contribution in [2.45, 2.75) is 36.9 Å². The number of benzene rings is 1. The van der Waals surface area contributed by atoms with Gasteiger partial charge in [-0.25, -0.2) is 0 Å². The summed E-state index contributed by atoms with van der Waals surface area (Å²) in [4.78, 5) is 11.0. The first-order chi connectivity index (χ1) is 9.03. The Morgan fingerprint density at radius 1 is 1.26 bits per heavy atom. The van der Waals surface area contributed by atoms with Crippen LogP contribution in [-0.2, 0) is 0 Å². The van der Waals surface area contributed by atoms with Crippen LogP contribution in [0.5, 0.6) is 0 Å². The smallest absolute Gasteiger partial charge is 0.269 e. The Balaban J connectivity index is 1.99. The van der Waals surface area contributed by atoms with Crippen molar-refractivity contribution in [3.63, 3.8) is 0 Å². The minimum atomic E-state index is -1.29. The minimum Gasteiger partial charge on any atom is -0.368 e. The molecular weight excluding hydrogens is 266 g/mol. The molecule has 1 aliphatic rings. The van der Waals surface area contributed by atoms with Crippen molar-refractivity contribution in [1.29, 1.82) is 0 Å². The average molecular weight is 283 g/mol. The number of nitrogens with zero attached hydrogens (tertiary/aromatic N) is 1. The van der Waals surface area contributed by atoms with E-state index in [-0.39, 0.29) is 5.69 Å². The van der Waals surface area contributed by atoms with Gasteiger partial charge in [-0.3, -0.25) is 10.1 Å².